The first-order chi connectivity index (χ1) is 16.1. The minimum atomic E-state index is 0.232. The number of hydrogen-bond donors (Lipinski definition) is 2. The molecule has 1 fully saturated rings. The zero-order valence-electron chi connectivity index (χ0n) is 19.9. The predicted octanol–water partition coefficient (Wildman–Crippen LogP) is 3.11. The summed E-state index contributed by atoms with van der Waals surface area (Å²) in [6.45, 7) is 11.9. The minimum Gasteiger partial charge on any atom is -0.375 e. The summed E-state index contributed by atoms with van der Waals surface area (Å²) in [6, 6.07) is 12.5. The molecule has 2 aromatic heterocycles. The molecule has 3 heterocycles. The normalized spacial score (nSPS) is 16.9. The van der Waals surface area contributed by atoms with E-state index in [4.69, 9.17) is 9.73 Å². The molecule has 4 rings (SSSR count). The van der Waals surface area contributed by atoms with E-state index in [-0.39, 0.29) is 6.10 Å². The van der Waals surface area contributed by atoms with Crippen LogP contribution in [0.15, 0.2) is 47.6 Å². The molecule has 0 spiro atoms. The molecule has 8 nitrogen and oxygen atoms in total. The van der Waals surface area contributed by atoms with Crippen LogP contribution in [0.1, 0.15) is 31.7 Å². The van der Waals surface area contributed by atoms with Gasteiger partial charge in [-0.1, -0.05) is 12.1 Å². The largest absolute Gasteiger partial charge is 0.375 e. The highest BCUT2D eigenvalue weighted by molar-refractivity contribution is 5.79. The second-order valence-electron chi connectivity index (χ2n) is 8.42. The number of benzene rings is 1. The van der Waals surface area contributed by atoms with E-state index in [0.717, 1.165) is 74.4 Å². The number of ether oxygens (including phenoxy) is 1. The van der Waals surface area contributed by atoms with Crippen LogP contribution in [0.2, 0.25) is 0 Å². The number of anilines is 1. The van der Waals surface area contributed by atoms with Gasteiger partial charge in [-0.15, -0.1) is 0 Å². The summed E-state index contributed by atoms with van der Waals surface area (Å²) in [4.78, 5) is 16.3. The van der Waals surface area contributed by atoms with Gasteiger partial charge >= 0.3 is 0 Å². The standard InChI is InChI=1S/C25H35N7O/c1-4-26-25(28-11-7-13-32-20(3)30-22-8-5-6-9-23(22)32)29-17-21-10-12-27-24(16-21)31-14-15-33-19(2)18-31/h5-6,8-10,12,16,19H,4,7,11,13-15,17-18H2,1-3H3,(H2,26,28,29). The number of morpholine rings is 1. The number of rotatable bonds is 8. The van der Waals surface area contributed by atoms with Gasteiger partial charge in [0.2, 0.25) is 0 Å². The Kier molecular flexibility index (Phi) is 7.78. The molecule has 1 unspecified atom stereocenters. The molecule has 3 aromatic rings. The predicted molar refractivity (Wildman–Crippen MR) is 134 cm³/mol. The highest BCUT2D eigenvalue weighted by atomic mass is 16.5. The van der Waals surface area contributed by atoms with Crippen molar-refractivity contribution in [3.8, 4) is 0 Å². The number of imidazole rings is 1. The average molecular weight is 450 g/mol. The van der Waals surface area contributed by atoms with Crippen LogP contribution in [0.5, 0.6) is 0 Å². The molecule has 1 aromatic carbocycles. The van der Waals surface area contributed by atoms with Crippen LogP contribution >= 0.6 is 0 Å². The van der Waals surface area contributed by atoms with Gasteiger partial charge in [0.1, 0.15) is 11.6 Å². The molecule has 0 saturated carbocycles. The van der Waals surface area contributed by atoms with Crippen molar-refractivity contribution < 1.29 is 4.74 Å². The van der Waals surface area contributed by atoms with Crippen LogP contribution < -0.4 is 15.5 Å². The van der Waals surface area contributed by atoms with E-state index in [2.05, 4.69) is 75.1 Å². The quantitative estimate of drug-likeness (QED) is 0.313. The van der Waals surface area contributed by atoms with Gasteiger partial charge in [0.15, 0.2) is 5.96 Å². The van der Waals surface area contributed by atoms with E-state index in [0.29, 0.717) is 6.54 Å². The zero-order valence-corrected chi connectivity index (χ0v) is 19.9. The third-order valence-electron chi connectivity index (χ3n) is 5.84. The van der Waals surface area contributed by atoms with Gasteiger partial charge in [0.05, 0.1) is 30.3 Å². The molecule has 8 heteroatoms. The van der Waals surface area contributed by atoms with E-state index in [9.17, 15) is 0 Å². The number of aromatic nitrogens is 3. The fourth-order valence-corrected chi connectivity index (χ4v) is 4.19. The number of para-hydroxylation sites is 2. The highest BCUT2D eigenvalue weighted by Crippen LogP contribution is 2.17. The molecule has 176 valence electrons. The molecular formula is C25H35N7O. The molecule has 0 radical (unpaired) electrons. The molecule has 1 aliphatic rings. The number of nitrogens with one attached hydrogen (secondary N) is 2. The lowest BCUT2D eigenvalue weighted by Gasteiger charge is -2.32. The van der Waals surface area contributed by atoms with E-state index < -0.39 is 0 Å². The van der Waals surface area contributed by atoms with Crippen LogP contribution in [0.3, 0.4) is 0 Å². The molecule has 1 saturated heterocycles. The SMILES string of the molecule is CCNC(=NCc1ccnc(N2CCOC(C)C2)c1)NCCCn1c(C)nc2ccccc21. The fourth-order valence-electron chi connectivity index (χ4n) is 4.19. The zero-order chi connectivity index (χ0) is 23.0. The Labute approximate surface area is 196 Å². The summed E-state index contributed by atoms with van der Waals surface area (Å²) in [5.41, 5.74) is 3.40. The minimum absolute atomic E-state index is 0.232. The molecule has 0 bridgehead atoms. The summed E-state index contributed by atoms with van der Waals surface area (Å²) in [5, 5.41) is 6.82. The third-order valence-corrected chi connectivity index (χ3v) is 5.84. The summed E-state index contributed by atoms with van der Waals surface area (Å²) in [5.74, 6) is 2.89. The molecular weight excluding hydrogens is 414 g/mol. The van der Waals surface area contributed by atoms with E-state index in [1.807, 2.05) is 18.3 Å². The molecule has 0 aliphatic carbocycles. The second kappa shape index (κ2) is 11.1. The summed E-state index contributed by atoms with van der Waals surface area (Å²) in [7, 11) is 0. The van der Waals surface area contributed by atoms with Crippen molar-refractivity contribution >= 4 is 22.8 Å². The molecule has 0 amide bonds. The van der Waals surface area contributed by atoms with Crippen molar-refractivity contribution in [3.05, 3.63) is 54.0 Å². The Balaban J connectivity index is 1.32. The van der Waals surface area contributed by atoms with E-state index in [1.165, 1.54) is 5.52 Å². The second-order valence-corrected chi connectivity index (χ2v) is 8.42. The summed E-state index contributed by atoms with van der Waals surface area (Å²) in [6.07, 6.45) is 3.09. The Morgan fingerprint density at radius 2 is 2.12 bits per heavy atom. The van der Waals surface area contributed by atoms with E-state index >= 15 is 0 Å². The number of aryl methyl sites for hydroxylation is 2. The van der Waals surface area contributed by atoms with Gasteiger partial charge in [-0.3, -0.25) is 0 Å². The monoisotopic (exact) mass is 449 g/mol. The lowest BCUT2D eigenvalue weighted by molar-refractivity contribution is 0.0529. The van der Waals surface area contributed by atoms with Gasteiger partial charge in [-0.2, -0.15) is 0 Å². The highest BCUT2D eigenvalue weighted by Gasteiger charge is 2.18. The Hall–Kier alpha value is -3.13. The van der Waals surface area contributed by atoms with Crippen molar-refractivity contribution in [1.29, 1.82) is 0 Å². The lowest BCUT2D eigenvalue weighted by atomic mass is 10.2. The van der Waals surface area contributed by atoms with Gasteiger partial charge < -0.3 is 24.8 Å². The van der Waals surface area contributed by atoms with Crippen LogP contribution in [-0.4, -0.2) is 59.4 Å². The molecule has 1 atom stereocenters. The topological polar surface area (TPSA) is 79.6 Å². The van der Waals surface area contributed by atoms with Gasteiger partial charge in [-0.25, -0.2) is 15.0 Å². The van der Waals surface area contributed by atoms with Gasteiger partial charge in [0.25, 0.3) is 0 Å². The average Bonchev–Trinajstić information content (AvgIpc) is 3.15. The van der Waals surface area contributed by atoms with Crippen LogP contribution in [0, 0.1) is 6.92 Å². The first kappa shape index (κ1) is 23.0. The maximum absolute atomic E-state index is 5.65. The summed E-state index contributed by atoms with van der Waals surface area (Å²) < 4.78 is 7.93. The lowest BCUT2D eigenvalue weighted by Crippen LogP contribution is -2.41. The number of nitrogens with zero attached hydrogens (tertiary/aromatic N) is 5. The van der Waals surface area contributed by atoms with Crippen LogP contribution in [0.4, 0.5) is 5.82 Å². The number of hydrogen-bond acceptors (Lipinski definition) is 5. The van der Waals surface area contributed by atoms with Crippen molar-refractivity contribution in [3.63, 3.8) is 0 Å². The molecule has 1 aliphatic heterocycles. The smallest absolute Gasteiger partial charge is 0.191 e. The number of guanidine groups is 1. The van der Waals surface area contributed by atoms with Crippen molar-refractivity contribution in [2.75, 3.05) is 37.7 Å². The molecule has 33 heavy (non-hydrogen) atoms. The Morgan fingerprint density at radius 3 is 2.97 bits per heavy atom. The van der Waals surface area contributed by atoms with Crippen molar-refractivity contribution in [2.45, 2.75) is 46.4 Å². The van der Waals surface area contributed by atoms with Crippen LogP contribution in [-0.2, 0) is 17.8 Å². The van der Waals surface area contributed by atoms with Gasteiger partial charge in [0, 0.05) is 38.9 Å². The number of pyridine rings is 1. The number of fused-ring (bicyclic) bond motifs is 1. The molecule has 2 N–H and O–H groups in total. The van der Waals surface area contributed by atoms with Crippen LogP contribution in [0.25, 0.3) is 11.0 Å². The maximum Gasteiger partial charge on any atom is 0.191 e. The number of aliphatic imine (C=N–C) groups is 1. The summed E-state index contributed by atoms with van der Waals surface area (Å²) >= 11 is 0. The first-order valence-corrected chi connectivity index (χ1v) is 11.9. The maximum atomic E-state index is 5.65. The van der Waals surface area contributed by atoms with Crippen molar-refractivity contribution in [2.24, 2.45) is 4.99 Å². The van der Waals surface area contributed by atoms with Crippen molar-refractivity contribution in [1.82, 2.24) is 25.2 Å². The van der Waals surface area contributed by atoms with E-state index in [1.54, 1.807) is 0 Å². The Bertz CT molecular complexity index is 1080. The Morgan fingerprint density at radius 1 is 1.24 bits per heavy atom. The van der Waals surface area contributed by atoms with Gasteiger partial charge in [-0.05, 0) is 57.0 Å². The third kappa shape index (κ3) is 6.01. The fraction of sp³-hybridized carbons (Fsp3) is 0.480. The first-order valence-electron chi connectivity index (χ1n) is 11.9.